The van der Waals surface area contributed by atoms with E-state index in [1.54, 1.807) is 0 Å². The standard InChI is InChI=1S/C13H16NO/c1-13(2)8-12(15)14(10-13)9-11-6-4-3-5-7-11/h3-8H,9-10H2,1-2H3. The molecule has 0 bridgehead atoms. The van der Waals surface area contributed by atoms with Crippen LogP contribution < -0.4 is 0 Å². The highest BCUT2D eigenvalue weighted by atomic mass is 16.2. The first-order chi connectivity index (χ1) is 7.07. The van der Waals surface area contributed by atoms with Crippen LogP contribution in [-0.2, 0) is 11.3 Å². The quantitative estimate of drug-likeness (QED) is 0.720. The Hall–Kier alpha value is -1.31. The van der Waals surface area contributed by atoms with Gasteiger partial charge in [0.2, 0.25) is 5.91 Å². The zero-order valence-electron chi connectivity index (χ0n) is 9.23. The molecule has 1 aliphatic rings. The molecule has 0 unspecified atom stereocenters. The Morgan fingerprint density at radius 3 is 2.47 bits per heavy atom. The van der Waals surface area contributed by atoms with Crippen LogP contribution in [0, 0.1) is 11.8 Å². The number of nitrogens with zero attached hydrogens (tertiary/aromatic N) is 1. The molecule has 1 amide bonds. The van der Waals surface area contributed by atoms with Gasteiger partial charge in [-0.1, -0.05) is 44.2 Å². The molecule has 1 heterocycles. The molecule has 0 N–H and O–H groups in total. The maximum absolute atomic E-state index is 11.7. The molecule has 2 nitrogen and oxygen atoms in total. The molecule has 1 aromatic carbocycles. The van der Waals surface area contributed by atoms with Crippen molar-refractivity contribution >= 4 is 5.91 Å². The van der Waals surface area contributed by atoms with Crippen molar-refractivity contribution in [2.75, 3.05) is 6.54 Å². The fraction of sp³-hybridized carbons (Fsp3) is 0.385. The Morgan fingerprint density at radius 1 is 1.27 bits per heavy atom. The smallest absolute Gasteiger partial charge is 0.227 e. The molecule has 79 valence electrons. The molecule has 0 aromatic heterocycles. The van der Waals surface area contributed by atoms with Crippen LogP contribution in [0.25, 0.3) is 0 Å². The lowest BCUT2D eigenvalue weighted by atomic mass is 9.93. The van der Waals surface area contributed by atoms with Gasteiger partial charge in [0.15, 0.2) is 0 Å². The van der Waals surface area contributed by atoms with Gasteiger partial charge in [-0.05, 0) is 11.0 Å². The second kappa shape index (κ2) is 3.69. The number of likely N-dealkylation sites (tertiary alicyclic amines) is 1. The summed E-state index contributed by atoms with van der Waals surface area (Å²) >= 11 is 0. The molecule has 1 aliphatic heterocycles. The van der Waals surface area contributed by atoms with E-state index in [2.05, 4.69) is 26.0 Å². The van der Waals surface area contributed by atoms with Gasteiger partial charge >= 0.3 is 0 Å². The van der Waals surface area contributed by atoms with Crippen molar-refractivity contribution in [3.8, 4) is 0 Å². The summed E-state index contributed by atoms with van der Waals surface area (Å²) in [4.78, 5) is 13.6. The average molecular weight is 202 g/mol. The molecule has 2 heteroatoms. The molecule has 0 aliphatic carbocycles. The molecular formula is C13H16NO. The molecule has 0 atom stereocenters. The summed E-state index contributed by atoms with van der Waals surface area (Å²) in [6.45, 7) is 5.73. The molecule has 1 fully saturated rings. The molecule has 2 rings (SSSR count). The molecule has 0 saturated carbocycles. The summed E-state index contributed by atoms with van der Waals surface area (Å²) in [7, 11) is 0. The van der Waals surface area contributed by atoms with Crippen LogP contribution in [0.2, 0.25) is 0 Å². The van der Waals surface area contributed by atoms with Crippen LogP contribution in [0.1, 0.15) is 19.4 Å². The van der Waals surface area contributed by atoms with Crippen LogP contribution >= 0.6 is 0 Å². The zero-order chi connectivity index (χ0) is 10.9. The van der Waals surface area contributed by atoms with Crippen molar-refractivity contribution in [1.82, 2.24) is 4.90 Å². The molecule has 1 saturated heterocycles. The fourth-order valence-electron chi connectivity index (χ4n) is 1.98. The van der Waals surface area contributed by atoms with Crippen LogP contribution in [0.3, 0.4) is 0 Å². The minimum absolute atomic E-state index is 0.0197. The van der Waals surface area contributed by atoms with Gasteiger partial charge in [0.05, 0.1) is 6.42 Å². The number of rotatable bonds is 2. The lowest BCUT2D eigenvalue weighted by Gasteiger charge is -2.19. The molecule has 1 aromatic rings. The average Bonchev–Trinajstić information content (AvgIpc) is 2.41. The fourth-order valence-corrected chi connectivity index (χ4v) is 1.98. The SMILES string of the molecule is CC1(C)[CH]C(=O)N(Cc2ccccc2)C1. The molecule has 1 radical (unpaired) electrons. The maximum Gasteiger partial charge on any atom is 0.227 e. The topological polar surface area (TPSA) is 20.3 Å². The highest BCUT2D eigenvalue weighted by Crippen LogP contribution is 2.29. The van der Waals surface area contributed by atoms with Crippen molar-refractivity contribution < 1.29 is 4.79 Å². The minimum Gasteiger partial charge on any atom is -0.338 e. The Bertz CT molecular complexity index is 356. The summed E-state index contributed by atoms with van der Waals surface area (Å²) in [6, 6.07) is 10.1. The van der Waals surface area contributed by atoms with Crippen molar-refractivity contribution in [2.45, 2.75) is 20.4 Å². The Morgan fingerprint density at radius 2 is 1.93 bits per heavy atom. The van der Waals surface area contributed by atoms with Crippen LogP contribution in [0.15, 0.2) is 30.3 Å². The first-order valence-corrected chi connectivity index (χ1v) is 5.26. The lowest BCUT2D eigenvalue weighted by Crippen LogP contribution is -2.25. The highest BCUT2D eigenvalue weighted by molar-refractivity contribution is 5.88. The van der Waals surface area contributed by atoms with Gasteiger partial charge in [-0.2, -0.15) is 0 Å². The highest BCUT2D eigenvalue weighted by Gasteiger charge is 2.35. The predicted octanol–water partition coefficient (Wildman–Crippen LogP) is 2.26. The molecule has 0 spiro atoms. The lowest BCUT2D eigenvalue weighted by molar-refractivity contribution is -0.125. The van der Waals surface area contributed by atoms with Gasteiger partial charge < -0.3 is 4.90 Å². The van der Waals surface area contributed by atoms with Gasteiger partial charge in [0, 0.05) is 13.1 Å². The van der Waals surface area contributed by atoms with Crippen LogP contribution in [-0.4, -0.2) is 17.4 Å². The summed E-state index contributed by atoms with van der Waals surface area (Å²) in [5.41, 5.74) is 1.21. The number of amides is 1. The zero-order valence-corrected chi connectivity index (χ0v) is 9.23. The predicted molar refractivity (Wildman–Crippen MR) is 59.9 cm³/mol. The van der Waals surface area contributed by atoms with E-state index >= 15 is 0 Å². The summed E-state index contributed by atoms with van der Waals surface area (Å²) in [5, 5.41) is 0. The third kappa shape index (κ3) is 2.38. The largest absolute Gasteiger partial charge is 0.338 e. The van der Waals surface area contributed by atoms with Gasteiger partial charge in [-0.3, -0.25) is 4.79 Å². The summed E-state index contributed by atoms with van der Waals surface area (Å²) in [6.07, 6.45) is 1.82. The van der Waals surface area contributed by atoms with E-state index < -0.39 is 0 Å². The van der Waals surface area contributed by atoms with E-state index in [9.17, 15) is 4.79 Å². The Labute approximate surface area is 90.9 Å². The van der Waals surface area contributed by atoms with Gasteiger partial charge in [0.25, 0.3) is 0 Å². The Balaban J connectivity index is 2.05. The van der Waals surface area contributed by atoms with Gasteiger partial charge in [0.1, 0.15) is 0 Å². The van der Waals surface area contributed by atoms with Crippen molar-refractivity contribution in [1.29, 1.82) is 0 Å². The number of carbonyl (C=O) groups excluding carboxylic acids is 1. The van der Waals surface area contributed by atoms with Gasteiger partial charge in [-0.25, -0.2) is 0 Å². The van der Waals surface area contributed by atoms with Gasteiger partial charge in [-0.15, -0.1) is 0 Å². The second-order valence-electron chi connectivity index (χ2n) is 4.81. The number of carbonyl (C=O) groups is 1. The first-order valence-electron chi connectivity index (χ1n) is 5.26. The monoisotopic (exact) mass is 202 g/mol. The second-order valence-corrected chi connectivity index (χ2v) is 4.81. The third-order valence-electron chi connectivity index (χ3n) is 2.64. The van der Waals surface area contributed by atoms with Crippen LogP contribution in [0.4, 0.5) is 0 Å². The maximum atomic E-state index is 11.7. The number of hydrogen-bond donors (Lipinski definition) is 0. The van der Waals surface area contributed by atoms with E-state index in [0.717, 1.165) is 13.1 Å². The van der Waals surface area contributed by atoms with E-state index in [0.29, 0.717) is 0 Å². The van der Waals surface area contributed by atoms with E-state index in [-0.39, 0.29) is 11.3 Å². The summed E-state index contributed by atoms with van der Waals surface area (Å²) < 4.78 is 0. The molecule has 15 heavy (non-hydrogen) atoms. The molecular weight excluding hydrogens is 186 g/mol. The summed E-state index contributed by atoms with van der Waals surface area (Å²) in [5.74, 6) is 0.156. The Kier molecular flexibility index (Phi) is 2.51. The normalized spacial score (nSPS) is 19.6. The van der Waals surface area contributed by atoms with Crippen molar-refractivity contribution in [3.63, 3.8) is 0 Å². The van der Waals surface area contributed by atoms with Crippen molar-refractivity contribution in [3.05, 3.63) is 42.3 Å². The third-order valence-corrected chi connectivity index (χ3v) is 2.64. The number of hydrogen-bond acceptors (Lipinski definition) is 1. The van der Waals surface area contributed by atoms with E-state index in [1.165, 1.54) is 5.56 Å². The van der Waals surface area contributed by atoms with Crippen LogP contribution in [0.5, 0.6) is 0 Å². The first kappa shape index (κ1) is 10.2. The van der Waals surface area contributed by atoms with E-state index in [1.807, 2.05) is 29.5 Å². The van der Waals surface area contributed by atoms with Crippen molar-refractivity contribution in [2.24, 2.45) is 5.41 Å². The number of benzene rings is 1. The van der Waals surface area contributed by atoms with E-state index in [4.69, 9.17) is 0 Å². The minimum atomic E-state index is 0.0197.